The number of nitrogens with one attached hydrogen (secondary N) is 1. The van der Waals surface area contributed by atoms with E-state index < -0.39 is 24.0 Å². The lowest BCUT2D eigenvalue weighted by Gasteiger charge is -2.17. The summed E-state index contributed by atoms with van der Waals surface area (Å²) in [6.45, 7) is 0.372. The molecule has 0 saturated carbocycles. The van der Waals surface area contributed by atoms with Gasteiger partial charge in [-0.2, -0.15) is 11.8 Å². The van der Waals surface area contributed by atoms with Crippen molar-refractivity contribution < 1.29 is 19.4 Å². The fourth-order valence-electron chi connectivity index (χ4n) is 1.15. The Morgan fingerprint density at radius 2 is 2.12 bits per heavy atom. The molecule has 0 saturated heterocycles. The molecule has 1 amide bonds. The normalized spacial score (nSPS) is 14.1. The average molecular weight is 264 g/mol. The third-order valence-corrected chi connectivity index (χ3v) is 2.84. The van der Waals surface area contributed by atoms with Gasteiger partial charge in [-0.1, -0.05) is 0 Å². The first-order valence-corrected chi connectivity index (χ1v) is 6.69. The second kappa shape index (κ2) is 9.26. The van der Waals surface area contributed by atoms with Crippen molar-refractivity contribution in [1.29, 1.82) is 0 Å². The Kier molecular flexibility index (Phi) is 8.83. The van der Waals surface area contributed by atoms with E-state index in [-0.39, 0.29) is 0 Å². The fourth-order valence-corrected chi connectivity index (χ4v) is 1.62. The van der Waals surface area contributed by atoms with Crippen LogP contribution in [0.1, 0.15) is 12.8 Å². The number of carboxylic acid groups (broad SMARTS) is 1. The first kappa shape index (κ1) is 16.2. The lowest BCUT2D eigenvalue weighted by Crippen LogP contribution is -2.48. The summed E-state index contributed by atoms with van der Waals surface area (Å²) in [6.07, 6.45) is 2.64. The maximum absolute atomic E-state index is 11.6. The van der Waals surface area contributed by atoms with Crippen LogP contribution in [0.4, 0.5) is 0 Å². The summed E-state index contributed by atoms with van der Waals surface area (Å²) in [5, 5.41) is 11.3. The number of aliphatic carboxylic acids is 1. The van der Waals surface area contributed by atoms with Gasteiger partial charge in [0.1, 0.15) is 6.04 Å². The predicted molar refractivity (Wildman–Crippen MR) is 67.0 cm³/mol. The van der Waals surface area contributed by atoms with E-state index in [2.05, 4.69) is 5.32 Å². The second-order valence-electron chi connectivity index (χ2n) is 3.57. The van der Waals surface area contributed by atoms with Gasteiger partial charge >= 0.3 is 5.97 Å². The third kappa shape index (κ3) is 7.19. The van der Waals surface area contributed by atoms with Crippen LogP contribution in [-0.4, -0.2) is 54.8 Å². The molecule has 6 nitrogen and oxygen atoms in total. The van der Waals surface area contributed by atoms with E-state index in [0.717, 1.165) is 0 Å². The molecule has 0 aromatic carbocycles. The van der Waals surface area contributed by atoms with Crippen LogP contribution in [0.15, 0.2) is 0 Å². The van der Waals surface area contributed by atoms with E-state index in [9.17, 15) is 9.59 Å². The third-order valence-electron chi connectivity index (χ3n) is 2.19. The first-order chi connectivity index (χ1) is 8.02. The molecule has 0 rings (SSSR count). The van der Waals surface area contributed by atoms with E-state index in [4.69, 9.17) is 15.6 Å². The molecule has 0 aromatic rings. The molecule has 0 aliphatic rings. The Morgan fingerprint density at radius 1 is 1.47 bits per heavy atom. The second-order valence-corrected chi connectivity index (χ2v) is 4.55. The molecule has 0 spiro atoms. The predicted octanol–water partition coefficient (Wildman–Crippen LogP) is -0.327. The molecule has 2 atom stereocenters. The van der Waals surface area contributed by atoms with Crippen LogP contribution in [0.2, 0.25) is 0 Å². The van der Waals surface area contributed by atoms with Crippen LogP contribution in [0.25, 0.3) is 0 Å². The molecule has 0 radical (unpaired) electrons. The molecule has 0 aliphatic heterocycles. The number of amides is 1. The molecule has 0 aliphatic carbocycles. The maximum Gasteiger partial charge on any atom is 0.326 e. The Hall–Kier alpha value is -0.790. The van der Waals surface area contributed by atoms with Crippen LogP contribution in [-0.2, 0) is 14.3 Å². The number of thioether (sulfide) groups is 1. The number of rotatable bonds is 9. The Morgan fingerprint density at radius 3 is 2.59 bits per heavy atom. The number of carboxylic acids is 1. The summed E-state index contributed by atoms with van der Waals surface area (Å²) in [7, 11) is 1.52. The van der Waals surface area contributed by atoms with Crippen LogP contribution in [0, 0.1) is 0 Å². The SMILES string of the molecule is COCCC(N)C(=O)N[C@H](CCSC)C(=O)O. The monoisotopic (exact) mass is 264 g/mol. The number of hydrogen-bond donors (Lipinski definition) is 3. The highest BCUT2D eigenvalue weighted by atomic mass is 32.2. The molecule has 1 unspecified atom stereocenters. The van der Waals surface area contributed by atoms with Crippen molar-refractivity contribution in [3.63, 3.8) is 0 Å². The zero-order valence-electron chi connectivity index (χ0n) is 10.1. The summed E-state index contributed by atoms with van der Waals surface area (Å²) in [4.78, 5) is 22.5. The minimum absolute atomic E-state index is 0.372. The molecule has 0 heterocycles. The van der Waals surface area contributed by atoms with Crippen molar-refractivity contribution in [3.8, 4) is 0 Å². The van der Waals surface area contributed by atoms with E-state index in [1.165, 1.54) is 18.9 Å². The minimum Gasteiger partial charge on any atom is -0.480 e. The van der Waals surface area contributed by atoms with Crippen LogP contribution < -0.4 is 11.1 Å². The highest BCUT2D eigenvalue weighted by Gasteiger charge is 2.22. The lowest BCUT2D eigenvalue weighted by atomic mass is 10.1. The summed E-state index contributed by atoms with van der Waals surface area (Å²) in [6, 6.07) is -1.60. The highest BCUT2D eigenvalue weighted by molar-refractivity contribution is 7.98. The van der Waals surface area contributed by atoms with Crippen molar-refractivity contribution in [2.45, 2.75) is 24.9 Å². The van der Waals surface area contributed by atoms with Crippen molar-refractivity contribution >= 4 is 23.6 Å². The molecular formula is C10H20N2O4S. The standard InChI is InChI=1S/C10H20N2O4S/c1-16-5-3-7(11)9(13)12-8(10(14)15)4-6-17-2/h7-8H,3-6,11H2,1-2H3,(H,12,13)(H,14,15)/t7?,8-/m1/s1. The van der Waals surface area contributed by atoms with Gasteiger partial charge in [-0.25, -0.2) is 4.79 Å². The average Bonchev–Trinajstić information content (AvgIpc) is 2.30. The maximum atomic E-state index is 11.6. The van der Waals surface area contributed by atoms with Crippen LogP contribution >= 0.6 is 11.8 Å². The molecule has 7 heteroatoms. The molecular weight excluding hydrogens is 244 g/mol. The number of carbonyl (C=O) groups is 2. The molecule has 4 N–H and O–H groups in total. The van der Waals surface area contributed by atoms with E-state index in [1.807, 2.05) is 6.26 Å². The van der Waals surface area contributed by atoms with E-state index in [1.54, 1.807) is 0 Å². The topological polar surface area (TPSA) is 102 Å². The zero-order chi connectivity index (χ0) is 13.3. The van der Waals surface area contributed by atoms with Gasteiger partial charge in [0.15, 0.2) is 0 Å². The van der Waals surface area contributed by atoms with Crippen molar-refractivity contribution in [3.05, 3.63) is 0 Å². The van der Waals surface area contributed by atoms with Gasteiger partial charge < -0.3 is 20.9 Å². The summed E-state index contributed by atoms with van der Waals surface area (Å²) in [5.41, 5.74) is 5.59. The van der Waals surface area contributed by atoms with Crippen molar-refractivity contribution in [2.24, 2.45) is 5.73 Å². The van der Waals surface area contributed by atoms with Gasteiger partial charge in [0.05, 0.1) is 6.04 Å². The lowest BCUT2D eigenvalue weighted by molar-refractivity contribution is -0.142. The molecule has 0 fully saturated rings. The Labute approximate surface area is 105 Å². The van der Waals surface area contributed by atoms with Gasteiger partial charge in [-0.3, -0.25) is 4.79 Å². The summed E-state index contributed by atoms with van der Waals surface area (Å²) in [5.74, 6) is -0.813. The molecule has 0 aromatic heterocycles. The Balaban J connectivity index is 4.15. The molecule has 17 heavy (non-hydrogen) atoms. The first-order valence-electron chi connectivity index (χ1n) is 5.29. The Bertz CT molecular complexity index is 250. The number of hydrogen-bond acceptors (Lipinski definition) is 5. The fraction of sp³-hybridized carbons (Fsp3) is 0.800. The van der Waals surface area contributed by atoms with Gasteiger partial charge in [0, 0.05) is 13.7 Å². The van der Waals surface area contributed by atoms with Gasteiger partial charge in [-0.15, -0.1) is 0 Å². The largest absolute Gasteiger partial charge is 0.480 e. The zero-order valence-corrected chi connectivity index (χ0v) is 11.0. The summed E-state index contributed by atoms with van der Waals surface area (Å²) >= 11 is 1.53. The highest BCUT2D eigenvalue weighted by Crippen LogP contribution is 2.02. The minimum atomic E-state index is -1.04. The number of nitrogens with two attached hydrogens (primary N) is 1. The number of methoxy groups -OCH3 is 1. The van der Waals surface area contributed by atoms with E-state index >= 15 is 0 Å². The van der Waals surface area contributed by atoms with Crippen molar-refractivity contribution in [1.82, 2.24) is 5.32 Å². The van der Waals surface area contributed by atoms with Crippen molar-refractivity contribution in [2.75, 3.05) is 25.7 Å². The molecule has 100 valence electrons. The summed E-state index contributed by atoms with van der Waals surface area (Å²) < 4.78 is 4.80. The number of carbonyl (C=O) groups excluding carboxylic acids is 1. The van der Waals surface area contributed by atoms with Gasteiger partial charge in [-0.05, 0) is 24.9 Å². The quantitative estimate of drug-likeness (QED) is 0.527. The van der Waals surface area contributed by atoms with Crippen LogP contribution in [0.3, 0.4) is 0 Å². The van der Waals surface area contributed by atoms with Gasteiger partial charge in [0.25, 0.3) is 0 Å². The molecule has 0 bridgehead atoms. The number of ether oxygens (including phenoxy) is 1. The van der Waals surface area contributed by atoms with Gasteiger partial charge in [0.2, 0.25) is 5.91 Å². The van der Waals surface area contributed by atoms with E-state index in [0.29, 0.717) is 25.2 Å². The van der Waals surface area contributed by atoms with Crippen LogP contribution in [0.5, 0.6) is 0 Å². The smallest absolute Gasteiger partial charge is 0.326 e.